The van der Waals surface area contributed by atoms with E-state index in [0.717, 1.165) is 18.8 Å². The lowest BCUT2D eigenvalue weighted by atomic mass is 10.2. The summed E-state index contributed by atoms with van der Waals surface area (Å²) in [6.45, 7) is 2.82. The second-order valence-electron chi connectivity index (χ2n) is 4.58. The van der Waals surface area contributed by atoms with Crippen molar-refractivity contribution in [3.05, 3.63) is 48.4 Å². The Labute approximate surface area is 141 Å². The van der Waals surface area contributed by atoms with Gasteiger partial charge in [0.25, 0.3) is 5.91 Å². The number of rotatable bonds is 9. The number of benzene rings is 1. The molecule has 126 valence electrons. The third-order valence-electron chi connectivity index (χ3n) is 2.93. The number of methoxy groups -OCH3 is 1. The third kappa shape index (κ3) is 6.73. The Balaban J connectivity index is 0.00000264. The molecule has 0 saturated carbocycles. The maximum atomic E-state index is 11.8. The SMILES string of the molecule is COCCNCCOc1ccc(NC(=O)c2ccoc2)cc1.Cl. The minimum Gasteiger partial charge on any atom is -0.492 e. The predicted molar refractivity (Wildman–Crippen MR) is 90.6 cm³/mol. The lowest BCUT2D eigenvalue weighted by molar-refractivity contribution is 0.102. The Morgan fingerprint density at radius 1 is 1.13 bits per heavy atom. The van der Waals surface area contributed by atoms with E-state index in [1.54, 1.807) is 25.3 Å². The molecule has 2 aromatic rings. The molecule has 0 radical (unpaired) electrons. The highest BCUT2D eigenvalue weighted by molar-refractivity contribution is 6.03. The molecule has 23 heavy (non-hydrogen) atoms. The molecule has 0 aliphatic heterocycles. The van der Waals surface area contributed by atoms with Crippen LogP contribution in [0, 0.1) is 0 Å². The predicted octanol–water partition coefficient (Wildman–Crippen LogP) is 2.57. The zero-order valence-electron chi connectivity index (χ0n) is 12.9. The Morgan fingerprint density at radius 2 is 1.87 bits per heavy atom. The molecule has 1 amide bonds. The van der Waals surface area contributed by atoms with E-state index >= 15 is 0 Å². The van der Waals surface area contributed by atoms with E-state index in [9.17, 15) is 4.79 Å². The molecule has 0 spiro atoms. The second-order valence-corrected chi connectivity index (χ2v) is 4.58. The van der Waals surface area contributed by atoms with E-state index in [-0.39, 0.29) is 18.3 Å². The smallest absolute Gasteiger partial charge is 0.258 e. The molecular weight excluding hydrogens is 320 g/mol. The van der Waals surface area contributed by atoms with Crippen molar-refractivity contribution in [3.8, 4) is 5.75 Å². The van der Waals surface area contributed by atoms with E-state index in [1.165, 1.54) is 12.5 Å². The van der Waals surface area contributed by atoms with Gasteiger partial charge in [-0.15, -0.1) is 12.4 Å². The van der Waals surface area contributed by atoms with Gasteiger partial charge in [0.15, 0.2) is 0 Å². The number of amides is 1. The Hall–Kier alpha value is -2.02. The van der Waals surface area contributed by atoms with E-state index in [1.807, 2.05) is 12.1 Å². The molecule has 2 rings (SSSR count). The maximum Gasteiger partial charge on any atom is 0.258 e. The molecule has 1 aromatic heterocycles. The van der Waals surface area contributed by atoms with Gasteiger partial charge in [-0.2, -0.15) is 0 Å². The van der Waals surface area contributed by atoms with Crippen molar-refractivity contribution < 1.29 is 18.7 Å². The van der Waals surface area contributed by atoms with Crippen LogP contribution in [0.3, 0.4) is 0 Å². The van der Waals surface area contributed by atoms with Crippen LogP contribution in [0.25, 0.3) is 0 Å². The van der Waals surface area contributed by atoms with Gasteiger partial charge in [-0.3, -0.25) is 4.79 Å². The number of ether oxygens (including phenoxy) is 2. The van der Waals surface area contributed by atoms with Crippen LogP contribution in [0.4, 0.5) is 5.69 Å². The fourth-order valence-electron chi connectivity index (χ4n) is 1.77. The van der Waals surface area contributed by atoms with Gasteiger partial charge in [0.1, 0.15) is 18.6 Å². The lowest BCUT2D eigenvalue weighted by Crippen LogP contribution is -2.24. The van der Waals surface area contributed by atoms with Gasteiger partial charge in [-0.25, -0.2) is 0 Å². The van der Waals surface area contributed by atoms with Crippen molar-refractivity contribution >= 4 is 24.0 Å². The van der Waals surface area contributed by atoms with Gasteiger partial charge in [0.05, 0.1) is 18.4 Å². The molecule has 1 heterocycles. The molecule has 1 aromatic carbocycles. The van der Waals surface area contributed by atoms with Crippen molar-refractivity contribution in [2.24, 2.45) is 0 Å². The first-order valence-electron chi connectivity index (χ1n) is 7.05. The van der Waals surface area contributed by atoms with Crippen molar-refractivity contribution in [1.82, 2.24) is 5.32 Å². The molecule has 0 aliphatic rings. The first-order valence-corrected chi connectivity index (χ1v) is 7.05. The summed E-state index contributed by atoms with van der Waals surface area (Å²) in [5.74, 6) is 0.555. The molecule has 6 nitrogen and oxygen atoms in total. The summed E-state index contributed by atoms with van der Waals surface area (Å²) in [5, 5.41) is 5.98. The second kappa shape index (κ2) is 10.7. The van der Waals surface area contributed by atoms with E-state index < -0.39 is 0 Å². The van der Waals surface area contributed by atoms with Gasteiger partial charge in [-0.05, 0) is 30.3 Å². The number of anilines is 1. The summed E-state index contributed by atoms with van der Waals surface area (Å²) in [6, 6.07) is 8.85. The highest BCUT2D eigenvalue weighted by Crippen LogP contribution is 2.16. The summed E-state index contributed by atoms with van der Waals surface area (Å²) >= 11 is 0. The summed E-state index contributed by atoms with van der Waals surface area (Å²) < 4.78 is 15.4. The monoisotopic (exact) mass is 340 g/mol. The van der Waals surface area contributed by atoms with E-state index in [4.69, 9.17) is 13.9 Å². The molecule has 0 unspecified atom stereocenters. The van der Waals surface area contributed by atoms with Crippen LogP contribution in [0.2, 0.25) is 0 Å². The molecule has 2 N–H and O–H groups in total. The van der Waals surface area contributed by atoms with Crippen LogP contribution in [0.5, 0.6) is 5.75 Å². The van der Waals surface area contributed by atoms with Crippen molar-refractivity contribution in [2.75, 3.05) is 38.7 Å². The highest BCUT2D eigenvalue weighted by Gasteiger charge is 2.06. The topological polar surface area (TPSA) is 72.7 Å². The molecule has 0 saturated heterocycles. The Kier molecular flexibility index (Phi) is 8.82. The molecule has 0 aliphatic carbocycles. The first-order chi connectivity index (χ1) is 10.8. The third-order valence-corrected chi connectivity index (χ3v) is 2.93. The van der Waals surface area contributed by atoms with Crippen LogP contribution < -0.4 is 15.4 Å². The summed E-state index contributed by atoms with van der Waals surface area (Å²) in [6.07, 6.45) is 2.87. The quantitative estimate of drug-likeness (QED) is 0.686. The largest absolute Gasteiger partial charge is 0.492 e. The number of nitrogens with one attached hydrogen (secondary N) is 2. The fraction of sp³-hybridized carbons (Fsp3) is 0.312. The number of hydrogen-bond acceptors (Lipinski definition) is 5. The minimum absolute atomic E-state index is 0. The van der Waals surface area contributed by atoms with Gasteiger partial charge in [0.2, 0.25) is 0 Å². The average Bonchev–Trinajstić information content (AvgIpc) is 3.07. The Bertz CT molecular complexity index is 558. The Morgan fingerprint density at radius 3 is 2.52 bits per heavy atom. The summed E-state index contributed by atoms with van der Waals surface area (Å²) in [5.41, 5.74) is 1.19. The van der Waals surface area contributed by atoms with Crippen LogP contribution in [0.15, 0.2) is 47.3 Å². The van der Waals surface area contributed by atoms with Crippen LogP contribution in [-0.2, 0) is 4.74 Å². The van der Waals surface area contributed by atoms with Gasteiger partial charge >= 0.3 is 0 Å². The van der Waals surface area contributed by atoms with Crippen molar-refractivity contribution in [1.29, 1.82) is 0 Å². The van der Waals surface area contributed by atoms with E-state index in [2.05, 4.69) is 10.6 Å². The van der Waals surface area contributed by atoms with Gasteiger partial charge in [-0.1, -0.05) is 0 Å². The number of carbonyl (C=O) groups is 1. The molecule has 0 fully saturated rings. The minimum atomic E-state index is -0.204. The fourth-order valence-corrected chi connectivity index (χ4v) is 1.77. The standard InChI is InChI=1S/C16H20N2O4.ClH/c1-20-10-7-17-8-11-22-15-4-2-14(3-5-15)18-16(19)13-6-9-21-12-13;/h2-6,9,12,17H,7-8,10-11H2,1H3,(H,18,19);1H. The van der Waals surface area contributed by atoms with Crippen molar-refractivity contribution in [2.45, 2.75) is 0 Å². The van der Waals surface area contributed by atoms with Crippen LogP contribution in [0.1, 0.15) is 10.4 Å². The number of carbonyl (C=O) groups excluding carboxylic acids is 1. The molecular formula is C16H21ClN2O4. The molecule has 0 atom stereocenters. The van der Waals surface area contributed by atoms with Crippen LogP contribution >= 0.6 is 12.4 Å². The normalized spacial score (nSPS) is 9.96. The highest BCUT2D eigenvalue weighted by atomic mass is 35.5. The average molecular weight is 341 g/mol. The molecule has 0 bridgehead atoms. The van der Waals surface area contributed by atoms with E-state index in [0.29, 0.717) is 24.5 Å². The van der Waals surface area contributed by atoms with Gasteiger partial charge < -0.3 is 24.5 Å². The summed E-state index contributed by atoms with van der Waals surface area (Å²) in [7, 11) is 1.67. The number of furan rings is 1. The summed E-state index contributed by atoms with van der Waals surface area (Å²) in [4.78, 5) is 11.8. The first kappa shape index (κ1) is 19.0. The lowest BCUT2D eigenvalue weighted by Gasteiger charge is -2.08. The maximum absolute atomic E-state index is 11.8. The van der Waals surface area contributed by atoms with Gasteiger partial charge in [0, 0.05) is 25.9 Å². The zero-order valence-corrected chi connectivity index (χ0v) is 13.7. The number of halogens is 1. The number of hydrogen-bond donors (Lipinski definition) is 2. The van der Waals surface area contributed by atoms with Crippen LogP contribution in [-0.4, -0.2) is 39.3 Å². The zero-order chi connectivity index (χ0) is 15.6. The molecule has 7 heteroatoms. The van der Waals surface area contributed by atoms with Crippen molar-refractivity contribution in [3.63, 3.8) is 0 Å².